The van der Waals surface area contributed by atoms with Gasteiger partial charge in [-0.05, 0) is 44.9 Å². The second-order valence-corrected chi connectivity index (χ2v) is 9.00. The van der Waals surface area contributed by atoms with Crippen LogP contribution in [0.3, 0.4) is 0 Å². The first-order valence-electron chi connectivity index (χ1n) is 10.00. The molecule has 1 fully saturated rings. The Morgan fingerprint density at radius 3 is 2.63 bits per heavy atom. The van der Waals surface area contributed by atoms with Gasteiger partial charge in [0.1, 0.15) is 0 Å². The number of hydrogen-bond donors (Lipinski definition) is 2. The van der Waals surface area contributed by atoms with Gasteiger partial charge in [-0.1, -0.05) is 47.8 Å². The zero-order valence-electron chi connectivity index (χ0n) is 17.0. The molecule has 0 bridgehead atoms. The molecule has 1 aromatic heterocycles. The Labute approximate surface area is 190 Å². The third kappa shape index (κ3) is 5.68. The van der Waals surface area contributed by atoms with Crippen molar-refractivity contribution in [1.82, 2.24) is 25.4 Å². The van der Waals surface area contributed by atoms with E-state index in [2.05, 4.69) is 20.8 Å². The first-order valence-corrected chi connectivity index (χ1v) is 11.7. The molecule has 0 radical (unpaired) electrons. The Kier molecular flexibility index (Phi) is 8.02. The summed E-state index contributed by atoms with van der Waals surface area (Å²) < 4.78 is 1.91. The molecule has 2 aromatic rings. The quantitative estimate of drug-likeness (QED) is 0.564. The van der Waals surface area contributed by atoms with Gasteiger partial charge in [0.2, 0.25) is 5.91 Å². The van der Waals surface area contributed by atoms with Crippen molar-refractivity contribution in [3.05, 3.63) is 39.6 Å². The maximum Gasteiger partial charge on any atom is 0.251 e. The van der Waals surface area contributed by atoms with Crippen LogP contribution >= 0.6 is 35.0 Å². The Bertz CT molecular complexity index is 915. The fourth-order valence-corrected chi connectivity index (χ4v) is 4.59. The number of nitrogens with one attached hydrogen (secondary N) is 2. The molecule has 0 unspecified atom stereocenters. The molecule has 1 saturated carbocycles. The molecule has 0 spiro atoms. The maximum absolute atomic E-state index is 12.5. The van der Waals surface area contributed by atoms with E-state index in [1.807, 2.05) is 18.4 Å². The van der Waals surface area contributed by atoms with Gasteiger partial charge in [-0.25, -0.2) is 0 Å². The van der Waals surface area contributed by atoms with E-state index in [0.29, 0.717) is 44.9 Å². The Morgan fingerprint density at radius 1 is 1.23 bits per heavy atom. The molecule has 2 N–H and O–H groups in total. The number of rotatable bonds is 8. The largest absolute Gasteiger partial charge is 0.353 e. The van der Waals surface area contributed by atoms with Crippen molar-refractivity contribution >= 4 is 46.8 Å². The van der Waals surface area contributed by atoms with Crippen molar-refractivity contribution in [2.75, 3.05) is 5.75 Å². The number of halogens is 2. The smallest absolute Gasteiger partial charge is 0.251 e. The number of nitrogens with zero attached hydrogens (tertiary/aromatic N) is 3. The summed E-state index contributed by atoms with van der Waals surface area (Å²) in [6, 6.07) is 4.66. The summed E-state index contributed by atoms with van der Waals surface area (Å²) in [5.41, 5.74) is 0.414. The lowest BCUT2D eigenvalue weighted by molar-refractivity contribution is -0.119. The summed E-state index contributed by atoms with van der Waals surface area (Å²) in [6.45, 7) is 4.44. The van der Waals surface area contributed by atoms with Gasteiger partial charge >= 0.3 is 0 Å². The second-order valence-electron chi connectivity index (χ2n) is 7.25. The van der Waals surface area contributed by atoms with Gasteiger partial charge in [-0.3, -0.25) is 9.59 Å². The standard InChI is InChI=1S/C20H25Cl2N5O2S/c1-3-27-18(12(2)23-19(29)13-8-9-15(21)16(22)10-13)25-26-20(27)30-11-17(28)24-14-6-4-5-7-14/h8-10,12,14H,3-7,11H2,1-2H3,(H,23,29)(H,24,28)/t12-/m1/s1. The summed E-state index contributed by atoms with van der Waals surface area (Å²) in [5.74, 6) is 0.653. The Hall–Kier alpha value is -1.77. The number of benzene rings is 1. The summed E-state index contributed by atoms with van der Waals surface area (Å²) in [6.07, 6.45) is 4.47. The SMILES string of the molecule is CCn1c(SCC(=O)NC2CCCC2)nnc1[C@@H](C)NC(=O)c1ccc(Cl)c(Cl)c1. The second kappa shape index (κ2) is 10.5. The van der Waals surface area contributed by atoms with Gasteiger partial charge in [-0.2, -0.15) is 0 Å². The highest BCUT2D eigenvalue weighted by Gasteiger charge is 2.21. The predicted molar refractivity (Wildman–Crippen MR) is 119 cm³/mol. The van der Waals surface area contributed by atoms with Gasteiger partial charge in [0.15, 0.2) is 11.0 Å². The predicted octanol–water partition coefficient (Wildman–Crippen LogP) is 4.25. The fraction of sp³-hybridized carbons (Fsp3) is 0.500. The Balaban J connectivity index is 1.61. The molecule has 1 heterocycles. The lowest BCUT2D eigenvalue weighted by atomic mass is 10.2. The monoisotopic (exact) mass is 469 g/mol. The van der Waals surface area contributed by atoms with E-state index in [-0.39, 0.29) is 17.9 Å². The van der Waals surface area contributed by atoms with Crippen LogP contribution in [0.15, 0.2) is 23.4 Å². The normalized spacial score (nSPS) is 15.2. The van der Waals surface area contributed by atoms with Crippen LogP contribution in [0.25, 0.3) is 0 Å². The molecule has 0 saturated heterocycles. The minimum absolute atomic E-state index is 0.0140. The van der Waals surface area contributed by atoms with Crippen LogP contribution in [0, 0.1) is 0 Å². The molecule has 30 heavy (non-hydrogen) atoms. The maximum atomic E-state index is 12.5. The van der Waals surface area contributed by atoms with E-state index in [4.69, 9.17) is 23.2 Å². The molecule has 2 amide bonds. The number of amides is 2. The van der Waals surface area contributed by atoms with E-state index < -0.39 is 0 Å². The van der Waals surface area contributed by atoms with Crippen LogP contribution in [0.5, 0.6) is 0 Å². The van der Waals surface area contributed by atoms with Crippen LogP contribution in [-0.4, -0.2) is 38.4 Å². The van der Waals surface area contributed by atoms with Crippen molar-refractivity contribution < 1.29 is 9.59 Å². The first-order chi connectivity index (χ1) is 14.4. The topological polar surface area (TPSA) is 88.9 Å². The highest BCUT2D eigenvalue weighted by Crippen LogP contribution is 2.24. The van der Waals surface area contributed by atoms with E-state index >= 15 is 0 Å². The number of aromatic nitrogens is 3. The van der Waals surface area contributed by atoms with Crippen LogP contribution in [0.1, 0.15) is 61.8 Å². The van der Waals surface area contributed by atoms with E-state index in [1.165, 1.54) is 30.7 Å². The van der Waals surface area contributed by atoms with Crippen LogP contribution in [0.2, 0.25) is 10.0 Å². The summed E-state index contributed by atoms with van der Waals surface area (Å²) in [5, 5.41) is 15.8. The van der Waals surface area contributed by atoms with E-state index in [1.54, 1.807) is 12.1 Å². The van der Waals surface area contributed by atoms with E-state index in [0.717, 1.165) is 12.8 Å². The minimum atomic E-state index is -0.374. The molecule has 0 aliphatic heterocycles. The van der Waals surface area contributed by atoms with Gasteiger partial charge in [0, 0.05) is 18.2 Å². The molecule has 10 heteroatoms. The highest BCUT2D eigenvalue weighted by molar-refractivity contribution is 7.99. The molecule has 162 valence electrons. The van der Waals surface area contributed by atoms with Crippen LogP contribution < -0.4 is 10.6 Å². The molecular weight excluding hydrogens is 445 g/mol. The third-order valence-corrected chi connectivity index (χ3v) is 6.74. The summed E-state index contributed by atoms with van der Waals surface area (Å²) in [7, 11) is 0. The van der Waals surface area contributed by atoms with Gasteiger partial charge in [0.25, 0.3) is 5.91 Å². The molecule has 1 aliphatic rings. The summed E-state index contributed by atoms with van der Waals surface area (Å²) in [4.78, 5) is 24.7. The van der Waals surface area contributed by atoms with Crippen LogP contribution in [0.4, 0.5) is 0 Å². The lowest BCUT2D eigenvalue weighted by Gasteiger charge is -2.15. The van der Waals surface area contributed by atoms with Crippen molar-refractivity contribution in [2.24, 2.45) is 0 Å². The van der Waals surface area contributed by atoms with Crippen molar-refractivity contribution in [3.63, 3.8) is 0 Å². The highest BCUT2D eigenvalue weighted by atomic mass is 35.5. The molecular formula is C20H25Cl2N5O2S. The van der Waals surface area contributed by atoms with Gasteiger partial charge in [0.05, 0.1) is 21.8 Å². The molecule has 3 rings (SSSR count). The lowest BCUT2D eigenvalue weighted by Crippen LogP contribution is -2.33. The Morgan fingerprint density at radius 2 is 1.97 bits per heavy atom. The zero-order chi connectivity index (χ0) is 21.7. The third-order valence-electron chi connectivity index (χ3n) is 5.03. The summed E-state index contributed by atoms with van der Waals surface area (Å²) >= 11 is 13.3. The molecule has 1 atom stereocenters. The zero-order valence-corrected chi connectivity index (χ0v) is 19.3. The minimum Gasteiger partial charge on any atom is -0.353 e. The van der Waals surface area contributed by atoms with Gasteiger partial charge in [-0.15, -0.1) is 10.2 Å². The van der Waals surface area contributed by atoms with Gasteiger partial charge < -0.3 is 15.2 Å². The van der Waals surface area contributed by atoms with E-state index in [9.17, 15) is 9.59 Å². The van der Waals surface area contributed by atoms with Crippen molar-refractivity contribution in [1.29, 1.82) is 0 Å². The number of carbonyl (C=O) groups excluding carboxylic acids is 2. The fourth-order valence-electron chi connectivity index (χ4n) is 3.48. The number of thioether (sulfide) groups is 1. The van der Waals surface area contributed by atoms with Crippen molar-refractivity contribution in [3.8, 4) is 0 Å². The number of hydrogen-bond acceptors (Lipinski definition) is 5. The average molecular weight is 470 g/mol. The van der Waals surface area contributed by atoms with Crippen LogP contribution in [-0.2, 0) is 11.3 Å². The molecule has 1 aliphatic carbocycles. The first kappa shape index (κ1) is 22.9. The molecule has 7 nitrogen and oxygen atoms in total. The number of carbonyl (C=O) groups is 2. The average Bonchev–Trinajstić information content (AvgIpc) is 3.37. The van der Waals surface area contributed by atoms with Crippen molar-refractivity contribution in [2.45, 2.75) is 63.3 Å². The molecule has 1 aromatic carbocycles.